The van der Waals surface area contributed by atoms with E-state index in [1.54, 1.807) is 0 Å². The summed E-state index contributed by atoms with van der Waals surface area (Å²) in [7, 11) is 0. The van der Waals surface area contributed by atoms with Crippen molar-refractivity contribution >= 4 is 29.3 Å². The molecule has 1 aliphatic rings. The predicted octanol–water partition coefficient (Wildman–Crippen LogP) is 3.04. The third kappa shape index (κ3) is 4.85. The van der Waals surface area contributed by atoms with Crippen LogP contribution in [0.1, 0.15) is 25.6 Å². The molecule has 25 heavy (non-hydrogen) atoms. The minimum absolute atomic E-state index is 0.00838. The van der Waals surface area contributed by atoms with E-state index in [4.69, 9.17) is 16.3 Å². The Morgan fingerprint density at radius 1 is 1.48 bits per heavy atom. The van der Waals surface area contributed by atoms with Gasteiger partial charge in [0.05, 0.1) is 10.8 Å². The fourth-order valence-electron chi connectivity index (χ4n) is 2.21. The Kier molecular flexibility index (Phi) is 5.80. The van der Waals surface area contributed by atoms with Gasteiger partial charge in [0.1, 0.15) is 18.2 Å². The minimum atomic E-state index is -0.419. The Labute approximate surface area is 154 Å². The van der Waals surface area contributed by atoms with Crippen LogP contribution in [0.2, 0.25) is 5.02 Å². The molecule has 0 saturated heterocycles. The van der Waals surface area contributed by atoms with Crippen molar-refractivity contribution in [2.75, 3.05) is 5.75 Å². The zero-order valence-corrected chi connectivity index (χ0v) is 15.2. The molecule has 1 fully saturated rings. The lowest BCUT2D eigenvalue weighted by molar-refractivity contribution is -0.118. The normalized spacial score (nSPS) is 13.7. The summed E-state index contributed by atoms with van der Waals surface area (Å²) in [6.45, 7) is 2.77. The van der Waals surface area contributed by atoms with Crippen LogP contribution in [0.3, 0.4) is 0 Å². The third-order valence-electron chi connectivity index (χ3n) is 3.64. The highest BCUT2D eigenvalue weighted by Gasteiger charge is 2.23. The highest BCUT2D eigenvalue weighted by molar-refractivity contribution is 7.99. The van der Waals surface area contributed by atoms with E-state index in [1.165, 1.54) is 30.0 Å². The first kappa shape index (κ1) is 18.0. The van der Waals surface area contributed by atoms with Crippen molar-refractivity contribution in [1.82, 2.24) is 20.1 Å². The number of hydrogen-bond donors (Lipinski definition) is 1. The van der Waals surface area contributed by atoms with Gasteiger partial charge in [-0.05, 0) is 38.0 Å². The van der Waals surface area contributed by atoms with Crippen molar-refractivity contribution in [2.24, 2.45) is 0 Å². The lowest BCUT2D eigenvalue weighted by atomic mass is 10.3. The molecule has 3 rings (SSSR count). The second kappa shape index (κ2) is 8.05. The molecule has 1 amide bonds. The van der Waals surface area contributed by atoms with Crippen molar-refractivity contribution in [3.05, 3.63) is 34.9 Å². The number of carbonyl (C=O) groups excluding carboxylic acids is 1. The second-order valence-corrected chi connectivity index (χ2v) is 6.99. The van der Waals surface area contributed by atoms with Gasteiger partial charge in [0.15, 0.2) is 11.0 Å². The van der Waals surface area contributed by atoms with E-state index in [1.807, 2.05) is 11.5 Å². The number of thioether (sulfide) groups is 1. The monoisotopic (exact) mass is 384 g/mol. The van der Waals surface area contributed by atoms with Gasteiger partial charge in [-0.2, -0.15) is 0 Å². The summed E-state index contributed by atoms with van der Waals surface area (Å²) in [5.74, 6) is 0.894. The van der Waals surface area contributed by atoms with E-state index in [0.717, 1.165) is 12.8 Å². The first-order chi connectivity index (χ1) is 12.1. The Bertz CT molecular complexity index is 767. The SMILES string of the molecule is CCn1c(COc2ccc(F)cc2Cl)nnc1SCC(=O)NC1CC1. The van der Waals surface area contributed by atoms with Crippen molar-refractivity contribution in [3.8, 4) is 5.75 Å². The summed E-state index contributed by atoms with van der Waals surface area (Å²) in [5.41, 5.74) is 0. The Balaban J connectivity index is 1.59. The van der Waals surface area contributed by atoms with Gasteiger partial charge >= 0.3 is 0 Å². The summed E-state index contributed by atoms with van der Waals surface area (Å²) >= 11 is 7.29. The summed E-state index contributed by atoms with van der Waals surface area (Å²) in [5, 5.41) is 12.0. The molecule has 1 heterocycles. The van der Waals surface area contributed by atoms with Crippen LogP contribution in [-0.4, -0.2) is 32.5 Å². The van der Waals surface area contributed by atoms with Gasteiger partial charge in [-0.1, -0.05) is 23.4 Å². The molecule has 0 bridgehead atoms. The summed E-state index contributed by atoms with van der Waals surface area (Å²) < 4.78 is 20.6. The van der Waals surface area contributed by atoms with Gasteiger partial charge < -0.3 is 14.6 Å². The summed E-state index contributed by atoms with van der Waals surface area (Å²) in [6.07, 6.45) is 2.13. The van der Waals surface area contributed by atoms with E-state index in [2.05, 4.69) is 15.5 Å². The first-order valence-corrected chi connectivity index (χ1v) is 9.35. The van der Waals surface area contributed by atoms with Crippen molar-refractivity contribution in [2.45, 2.75) is 44.1 Å². The predicted molar refractivity (Wildman–Crippen MR) is 93.3 cm³/mol. The van der Waals surface area contributed by atoms with Crippen LogP contribution in [0.4, 0.5) is 4.39 Å². The van der Waals surface area contributed by atoms with Crippen molar-refractivity contribution in [3.63, 3.8) is 0 Å². The Hall–Kier alpha value is -1.80. The average molecular weight is 385 g/mol. The van der Waals surface area contributed by atoms with Gasteiger partial charge in [-0.3, -0.25) is 4.79 Å². The first-order valence-electron chi connectivity index (χ1n) is 7.99. The zero-order chi connectivity index (χ0) is 17.8. The molecule has 0 radical (unpaired) electrons. The molecule has 1 aromatic carbocycles. The van der Waals surface area contributed by atoms with Crippen LogP contribution in [0, 0.1) is 5.82 Å². The fourth-order valence-corrected chi connectivity index (χ4v) is 3.27. The van der Waals surface area contributed by atoms with E-state index < -0.39 is 5.82 Å². The number of rotatable bonds is 8. The van der Waals surface area contributed by atoms with Gasteiger partial charge in [0, 0.05) is 12.6 Å². The standard InChI is InChI=1S/C16H18ClFN4O2S/c1-2-22-14(8-24-13-6-3-10(18)7-12(13)17)20-21-16(22)25-9-15(23)19-11-4-5-11/h3,6-7,11H,2,4-5,8-9H2,1H3,(H,19,23). The molecule has 1 aliphatic carbocycles. The van der Waals surface area contributed by atoms with Crippen molar-refractivity contribution in [1.29, 1.82) is 0 Å². The molecule has 1 aromatic heterocycles. The zero-order valence-electron chi connectivity index (χ0n) is 13.7. The number of halogens is 2. The molecule has 9 heteroatoms. The maximum atomic E-state index is 13.1. The molecule has 2 aromatic rings. The van der Waals surface area contributed by atoms with Crippen LogP contribution in [0.15, 0.2) is 23.4 Å². The lowest BCUT2D eigenvalue weighted by Crippen LogP contribution is -2.27. The fraction of sp³-hybridized carbons (Fsp3) is 0.438. The lowest BCUT2D eigenvalue weighted by Gasteiger charge is -2.10. The summed E-state index contributed by atoms with van der Waals surface area (Å²) in [4.78, 5) is 11.8. The van der Waals surface area contributed by atoms with Gasteiger partial charge in [-0.25, -0.2) is 4.39 Å². The maximum absolute atomic E-state index is 13.1. The molecular formula is C16H18ClFN4O2S. The van der Waals surface area contributed by atoms with E-state index in [9.17, 15) is 9.18 Å². The molecule has 0 aliphatic heterocycles. The molecule has 0 unspecified atom stereocenters. The van der Waals surface area contributed by atoms with Gasteiger partial charge in [0.2, 0.25) is 5.91 Å². The molecular weight excluding hydrogens is 367 g/mol. The van der Waals surface area contributed by atoms with E-state index >= 15 is 0 Å². The van der Waals surface area contributed by atoms with E-state index in [-0.39, 0.29) is 17.5 Å². The number of nitrogens with zero attached hydrogens (tertiary/aromatic N) is 3. The van der Waals surface area contributed by atoms with E-state index in [0.29, 0.717) is 35.1 Å². The molecule has 1 saturated carbocycles. The largest absolute Gasteiger partial charge is 0.484 e. The number of carbonyl (C=O) groups is 1. The number of aromatic nitrogens is 3. The Morgan fingerprint density at radius 2 is 2.28 bits per heavy atom. The molecule has 0 atom stereocenters. The molecule has 1 N–H and O–H groups in total. The quantitative estimate of drug-likeness (QED) is 0.708. The number of nitrogens with one attached hydrogen (secondary N) is 1. The van der Waals surface area contributed by atoms with Crippen LogP contribution >= 0.6 is 23.4 Å². The molecule has 134 valence electrons. The smallest absolute Gasteiger partial charge is 0.230 e. The maximum Gasteiger partial charge on any atom is 0.230 e. The highest BCUT2D eigenvalue weighted by Crippen LogP contribution is 2.26. The van der Waals surface area contributed by atoms with Crippen LogP contribution in [-0.2, 0) is 17.9 Å². The van der Waals surface area contributed by atoms with Crippen molar-refractivity contribution < 1.29 is 13.9 Å². The summed E-state index contributed by atoms with van der Waals surface area (Å²) in [6, 6.07) is 4.30. The highest BCUT2D eigenvalue weighted by atomic mass is 35.5. The number of hydrogen-bond acceptors (Lipinski definition) is 5. The third-order valence-corrected chi connectivity index (χ3v) is 4.90. The average Bonchev–Trinajstić information content (AvgIpc) is 3.30. The van der Waals surface area contributed by atoms with Crippen LogP contribution in [0.5, 0.6) is 5.75 Å². The minimum Gasteiger partial charge on any atom is -0.484 e. The number of ether oxygens (including phenoxy) is 1. The van der Waals surface area contributed by atoms with Crippen LogP contribution in [0.25, 0.3) is 0 Å². The topological polar surface area (TPSA) is 69.0 Å². The Morgan fingerprint density at radius 3 is 2.96 bits per heavy atom. The van der Waals surface area contributed by atoms with Gasteiger partial charge in [0.25, 0.3) is 0 Å². The number of amides is 1. The number of benzene rings is 1. The second-order valence-electron chi connectivity index (χ2n) is 5.64. The van der Waals surface area contributed by atoms with Gasteiger partial charge in [-0.15, -0.1) is 10.2 Å². The molecule has 0 spiro atoms. The van der Waals surface area contributed by atoms with Crippen LogP contribution < -0.4 is 10.1 Å². The molecule has 6 nitrogen and oxygen atoms in total.